The van der Waals surface area contributed by atoms with Gasteiger partial charge in [-0.1, -0.05) is 48.5 Å². The molecule has 1 aliphatic rings. The van der Waals surface area contributed by atoms with Gasteiger partial charge in [0.1, 0.15) is 18.7 Å². The highest BCUT2D eigenvalue weighted by Crippen LogP contribution is 2.44. The predicted molar refractivity (Wildman–Crippen MR) is 116 cm³/mol. The van der Waals surface area contributed by atoms with Crippen molar-refractivity contribution >= 4 is 18.0 Å². The maximum Gasteiger partial charge on any atom is 0.407 e. The summed E-state index contributed by atoms with van der Waals surface area (Å²) in [6.07, 6.45) is -0.275. The highest BCUT2D eigenvalue weighted by molar-refractivity contribution is 5.89. The van der Waals surface area contributed by atoms with Gasteiger partial charge in [0.05, 0.1) is 0 Å². The third-order valence-electron chi connectivity index (χ3n) is 5.30. The van der Waals surface area contributed by atoms with Crippen molar-refractivity contribution in [2.75, 3.05) is 6.61 Å². The number of nitrogens with one attached hydrogen (secondary N) is 2. The van der Waals surface area contributed by atoms with E-state index in [0.29, 0.717) is 0 Å². The van der Waals surface area contributed by atoms with Crippen LogP contribution < -0.4 is 10.6 Å². The number of alkyl carbamates (subject to hydrolysis) is 1. The van der Waals surface area contributed by atoms with Gasteiger partial charge in [0.2, 0.25) is 12.3 Å². The molecule has 2 aromatic rings. The second-order valence-electron chi connectivity index (χ2n) is 7.46. The van der Waals surface area contributed by atoms with Crippen LogP contribution in [0.1, 0.15) is 29.9 Å². The molecule has 0 saturated carbocycles. The van der Waals surface area contributed by atoms with E-state index < -0.39 is 42.9 Å². The van der Waals surface area contributed by atoms with Crippen LogP contribution in [0.15, 0.2) is 48.5 Å². The molecular weight excluding hydrogens is 434 g/mol. The van der Waals surface area contributed by atoms with E-state index in [9.17, 15) is 23.2 Å². The van der Waals surface area contributed by atoms with Gasteiger partial charge in [0, 0.05) is 18.8 Å². The Morgan fingerprint density at radius 2 is 1.58 bits per heavy atom. The van der Waals surface area contributed by atoms with Gasteiger partial charge in [-0.2, -0.15) is 0 Å². The Morgan fingerprint density at radius 1 is 1.00 bits per heavy atom. The zero-order valence-corrected chi connectivity index (χ0v) is 17.5. The van der Waals surface area contributed by atoms with Crippen LogP contribution in [0.2, 0.25) is 0 Å². The predicted octanol–water partition coefficient (Wildman–Crippen LogP) is 3.14. The molecule has 33 heavy (non-hydrogen) atoms. The third kappa shape index (κ3) is 5.66. The van der Waals surface area contributed by atoms with Crippen LogP contribution in [0.4, 0.5) is 13.6 Å². The van der Waals surface area contributed by atoms with Gasteiger partial charge in [-0.25, -0.2) is 18.4 Å². The minimum absolute atomic E-state index is 0.0717. The number of amides is 2. The van der Waals surface area contributed by atoms with E-state index >= 15 is 0 Å². The molecule has 9 heteroatoms. The Hall–Kier alpha value is -3.93. The molecule has 0 aromatic heterocycles. The molecule has 0 aliphatic heterocycles. The van der Waals surface area contributed by atoms with Crippen LogP contribution in [-0.4, -0.2) is 48.2 Å². The van der Waals surface area contributed by atoms with Gasteiger partial charge in [-0.05, 0) is 22.3 Å². The van der Waals surface area contributed by atoms with Crippen LogP contribution in [0.25, 0.3) is 11.1 Å². The molecule has 0 saturated heterocycles. The summed E-state index contributed by atoms with van der Waals surface area (Å²) in [5.41, 5.74) is 3.97. The fourth-order valence-corrected chi connectivity index (χ4v) is 3.78. The Labute approximate surface area is 189 Å². The number of hydrogen-bond acceptors (Lipinski definition) is 4. The Bertz CT molecular complexity index is 1040. The van der Waals surface area contributed by atoms with Gasteiger partial charge in [0.15, 0.2) is 0 Å². The highest BCUT2D eigenvalue weighted by atomic mass is 19.3. The lowest BCUT2D eigenvalue weighted by atomic mass is 9.98. The van der Waals surface area contributed by atoms with Crippen LogP contribution in [0.5, 0.6) is 0 Å². The molecule has 0 bridgehead atoms. The first-order valence-corrected chi connectivity index (χ1v) is 10.2. The Balaban J connectivity index is 1.67. The van der Waals surface area contributed by atoms with Crippen molar-refractivity contribution in [1.29, 1.82) is 0 Å². The number of rotatable bonds is 9. The minimum atomic E-state index is -2.93. The summed E-state index contributed by atoms with van der Waals surface area (Å²) in [5.74, 6) is -0.675. The number of carbonyl (C=O) groups excluding carboxylic acids is 2. The van der Waals surface area contributed by atoms with Crippen LogP contribution >= 0.6 is 0 Å². The molecule has 0 spiro atoms. The van der Waals surface area contributed by atoms with E-state index in [4.69, 9.17) is 16.3 Å². The Morgan fingerprint density at radius 3 is 2.09 bits per heavy atom. The number of alkyl halides is 2. The van der Waals surface area contributed by atoms with Crippen molar-refractivity contribution in [3.05, 3.63) is 59.7 Å². The second-order valence-corrected chi connectivity index (χ2v) is 7.46. The topological polar surface area (TPSA) is 105 Å². The van der Waals surface area contributed by atoms with Crippen molar-refractivity contribution < 1.29 is 33.0 Å². The van der Waals surface area contributed by atoms with E-state index in [-0.39, 0.29) is 18.9 Å². The van der Waals surface area contributed by atoms with Gasteiger partial charge >= 0.3 is 12.1 Å². The quantitative estimate of drug-likeness (QED) is 0.503. The van der Waals surface area contributed by atoms with Gasteiger partial charge in [0.25, 0.3) is 0 Å². The van der Waals surface area contributed by atoms with E-state index in [1.54, 1.807) is 0 Å². The molecule has 3 rings (SSSR count). The number of carboxylic acid groups (broad SMARTS) is 1. The third-order valence-corrected chi connectivity index (χ3v) is 5.30. The molecule has 2 amide bonds. The van der Waals surface area contributed by atoms with Gasteiger partial charge in [-0.15, -0.1) is 12.3 Å². The van der Waals surface area contributed by atoms with Crippen LogP contribution in [-0.2, 0) is 14.3 Å². The van der Waals surface area contributed by atoms with Gasteiger partial charge < -0.3 is 20.5 Å². The van der Waals surface area contributed by atoms with Crippen molar-refractivity contribution in [3.63, 3.8) is 0 Å². The van der Waals surface area contributed by atoms with Crippen molar-refractivity contribution in [3.8, 4) is 23.5 Å². The average molecular weight is 456 g/mol. The molecule has 7 nitrogen and oxygen atoms in total. The van der Waals surface area contributed by atoms with Gasteiger partial charge in [-0.3, -0.25) is 4.79 Å². The summed E-state index contributed by atoms with van der Waals surface area (Å²) < 4.78 is 31.2. The van der Waals surface area contributed by atoms with E-state index in [1.165, 1.54) is 0 Å². The molecule has 2 unspecified atom stereocenters. The number of halogens is 2. The summed E-state index contributed by atoms with van der Waals surface area (Å²) in [6, 6.07) is 12.2. The molecule has 0 heterocycles. The lowest BCUT2D eigenvalue weighted by molar-refractivity contribution is -0.142. The second kappa shape index (κ2) is 10.6. The molecule has 0 fully saturated rings. The highest BCUT2D eigenvalue weighted by Gasteiger charge is 2.31. The monoisotopic (exact) mass is 456 g/mol. The number of hydrogen-bond donors (Lipinski definition) is 3. The van der Waals surface area contributed by atoms with Crippen LogP contribution in [0.3, 0.4) is 0 Å². The molecule has 172 valence electrons. The number of benzene rings is 2. The van der Waals surface area contributed by atoms with Crippen LogP contribution in [0, 0.1) is 12.3 Å². The minimum Gasteiger partial charge on any atom is -0.480 e. The molecule has 0 radical (unpaired) electrons. The van der Waals surface area contributed by atoms with E-state index in [0.717, 1.165) is 22.3 Å². The molecule has 2 aromatic carbocycles. The zero-order chi connectivity index (χ0) is 24.0. The summed E-state index contributed by atoms with van der Waals surface area (Å²) in [4.78, 5) is 35.9. The van der Waals surface area contributed by atoms with Crippen molar-refractivity contribution in [2.24, 2.45) is 0 Å². The smallest absolute Gasteiger partial charge is 0.407 e. The summed E-state index contributed by atoms with van der Waals surface area (Å²) in [6.45, 7) is -0.0717. The summed E-state index contributed by atoms with van der Waals surface area (Å²) in [5, 5.41) is 13.3. The number of aliphatic carboxylic acids is 1. The number of carboxylic acids is 1. The first-order valence-electron chi connectivity index (χ1n) is 10.2. The fraction of sp³-hybridized carbons (Fsp3) is 0.292. The molecule has 1 aliphatic carbocycles. The SMILES string of the molecule is C#CCC(NC(=O)C(CC(F)F)NC(=O)OCC1c2ccccc2-c2ccccc21)C(=O)O. The largest absolute Gasteiger partial charge is 0.480 e. The molecule has 2 atom stereocenters. The molecular formula is C24H22F2N2O5. The summed E-state index contributed by atoms with van der Waals surface area (Å²) in [7, 11) is 0. The lowest BCUT2D eigenvalue weighted by Gasteiger charge is -2.21. The number of fused-ring (bicyclic) bond motifs is 3. The van der Waals surface area contributed by atoms with E-state index in [1.807, 2.05) is 48.5 Å². The van der Waals surface area contributed by atoms with Crippen molar-refractivity contribution in [2.45, 2.75) is 37.3 Å². The first kappa shape index (κ1) is 23.7. The Kier molecular flexibility index (Phi) is 7.61. The lowest BCUT2D eigenvalue weighted by Crippen LogP contribution is -2.52. The van der Waals surface area contributed by atoms with E-state index in [2.05, 4.69) is 16.6 Å². The normalized spacial score (nSPS) is 13.9. The standard InChI is InChI=1S/C24H22F2N2O5/c1-2-7-19(23(30)31)27-22(29)20(12-21(25)26)28-24(32)33-13-18-16-10-5-3-8-14(16)15-9-4-6-11-17(15)18/h1,3-6,8-11,18-21H,7,12-13H2,(H,27,29)(H,28,32)(H,30,31). The summed E-state index contributed by atoms with van der Waals surface area (Å²) >= 11 is 0. The number of carbonyl (C=O) groups is 3. The molecule has 3 N–H and O–H groups in total. The number of terminal acetylenes is 1. The first-order chi connectivity index (χ1) is 15.8. The van der Waals surface area contributed by atoms with Crippen molar-refractivity contribution in [1.82, 2.24) is 10.6 Å². The zero-order valence-electron chi connectivity index (χ0n) is 17.5. The average Bonchev–Trinajstić information content (AvgIpc) is 3.10. The maximum absolute atomic E-state index is 13.0. The fourth-order valence-electron chi connectivity index (χ4n) is 3.78. The maximum atomic E-state index is 13.0. The number of ether oxygens (including phenoxy) is 1.